The lowest BCUT2D eigenvalue weighted by Gasteiger charge is -2.04. The van der Waals surface area contributed by atoms with Gasteiger partial charge in [0.15, 0.2) is 10.9 Å². The Balaban J connectivity index is 1.44. The lowest BCUT2D eigenvalue weighted by molar-refractivity contribution is -0.116. The fourth-order valence-electron chi connectivity index (χ4n) is 2.72. The minimum absolute atomic E-state index is 0.0412. The van der Waals surface area contributed by atoms with Gasteiger partial charge in [-0.2, -0.15) is 5.26 Å². The Kier molecular flexibility index (Phi) is 5.88. The molecule has 3 heterocycles. The topological polar surface area (TPSA) is 113 Å². The second-order valence-electron chi connectivity index (χ2n) is 6.18. The zero-order valence-corrected chi connectivity index (χ0v) is 17.1. The third-order valence-electron chi connectivity index (χ3n) is 4.10. The van der Waals surface area contributed by atoms with Gasteiger partial charge in [0.2, 0.25) is 0 Å². The van der Waals surface area contributed by atoms with Crippen LogP contribution in [0.5, 0.6) is 0 Å². The monoisotopic (exact) mass is 434 g/mol. The molecule has 0 fully saturated rings. The number of thioether (sulfide) groups is 1. The van der Waals surface area contributed by atoms with E-state index in [1.54, 1.807) is 12.1 Å². The van der Waals surface area contributed by atoms with Crippen LogP contribution in [0.3, 0.4) is 0 Å². The summed E-state index contributed by atoms with van der Waals surface area (Å²) in [5, 5.41) is 12.2. The normalized spacial score (nSPS) is 10.6. The SMILES string of the molecule is N#Cc1c(-c2ccco2)nc(SCC(=O)Cc2nc(-c3ccccc3)cs2)[nH]c1=O. The van der Waals surface area contributed by atoms with Gasteiger partial charge in [-0.05, 0) is 12.1 Å². The Labute approximate surface area is 179 Å². The summed E-state index contributed by atoms with van der Waals surface area (Å²) in [6.07, 6.45) is 1.64. The number of nitriles is 1. The standard InChI is InChI=1S/C21H14N4O3S2/c22-10-15-19(17-7-4-8-28-17)24-21(25-20(15)27)30-11-14(26)9-18-23-16(12-29-18)13-5-2-1-3-6-13/h1-8,12H,9,11H2,(H,24,25,27). The quantitative estimate of drug-likeness (QED) is 0.346. The number of hydrogen-bond acceptors (Lipinski definition) is 8. The summed E-state index contributed by atoms with van der Waals surface area (Å²) in [7, 11) is 0. The Hall–Kier alpha value is -3.48. The van der Waals surface area contributed by atoms with E-state index in [1.165, 1.54) is 17.6 Å². The molecule has 30 heavy (non-hydrogen) atoms. The highest BCUT2D eigenvalue weighted by atomic mass is 32.2. The summed E-state index contributed by atoms with van der Waals surface area (Å²) >= 11 is 2.54. The summed E-state index contributed by atoms with van der Waals surface area (Å²) in [4.78, 5) is 36.0. The first-order valence-electron chi connectivity index (χ1n) is 8.86. The van der Waals surface area contributed by atoms with Gasteiger partial charge in [-0.15, -0.1) is 11.3 Å². The maximum atomic E-state index is 12.4. The number of benzene rings is 1. The Bertz CT molecular complexity index is 1270. The van der Waals surface area contributed by atoms with Crippen molar-refractivity contribution in [1.29, 1.82) is 5.26 Å². The molecule has 0 unspecified atom stereocenters. The molecule has 0 atom stereocenters. The minimum Gasteiger partial charge on any atom is -0.463 e. The van der Waals surface area contributed by atoms with E-state index in [4.69, 9.17) is 4.42 Å². The van der Waals surface area contributed by atoms with E-state index < -0.39 is 5.56 Å². The molecule has 0 spiro atoms. The van der Waals surface area contributed by atoms with Gasteiger partial charge >= 0.3 is 0 Å². The van der Waals surface area contributed by atoms with E-state index in [9.17, 15) is 14.9 Å². The van der Waals surface area contributed by atoms with Gasteiger partial charge in [0.1, 0.15) is 28.1 Å². The molecular formula is C21H14N4O3S2. The number of aromatic amines is 1. The number of aromatic nitrogens is 3. The number of carbonyl (C=O) groups is 1. The fraction of sp³-hybridized carbons (Fsp3) is 0.0952. The highest BCUT2D eigenvalue weighted by Crippen LogP contribution is 2.24. The zero-order valence-electron chi connectivity index (χ0n) is 15.5. The van der Waals surface area contributed by atoms with Crippen LogP contribution < -0.4 is 5.56 Å². The molecular weight excluding hydrogens is 420 g/mol. The van der Waals surface area contributed by atoms with Crippen molar-refractivity contribution < 1.29 is 9.21 Å². The second kappa shape index (κ2) is 8.90. The highest BCUT2D eigenvalue weighted by molar-refractivity contribution is 7.99. The van der Waals surface area contributed by atoms with Gasteiger partial charge in [-0.1, -0.05) is 42.1 Å². The number of hydrogen-bond donors (Lipinski definition) is 1. The number of nitrogens with zero attached hydrogens (tertiary/aromatic N) is 3. The van der Waals surface area contributed by atoms with Crippen molar-refractivity contribution in [2.24, 2.45) is 0 Å². The number of nitrogens with one attached hydrogen (secondary N) is 1. The number of Topliss-reactive ketones (excluding diaryl/α,β-unsaturated/α-hetero) is 1. The van der Waals surface area contributed by atoms with Gasteiger partial charge in [0.25, 0.3) is 5.56 Å². The second-order valence-corrected chi connectivity index (χ2v) is 8.09. The van der Waals surface area contributed by atoms with Gasteiger partial charge in [-0.25, -0.2) is 9.97 Å². The Morgan fingerprint density at radius 1 is 1.20 bits per heavy atom. The number of rotatable bonds is 7. The molecule has 0 aliphatic carbocycles. The van der Waals surface area contributed by atoms with Crippen LogP contribution in [0.15, 0.2) is 68.5 Å². The van der Waals surface area contributed by atoms with Crippen molar-refractivity contribution >= 4 is 28.9 Å². The molecule has 3 aromatic heterocycles. The first kappa shape index (κ1) is 19.8. The summed E-state index contributed by atoms with van der Waals surface area (Å²) in [6, 6.07) is 14.9. The molecule has 9 heteroatoms. The predicted octanol–water partition coefficient (Wildman–Crippen LogP) is 3.93. The maximum absolute atomic E-state index is 12.4. The summed E-state index contributed by atoms with van der Waals surface area (Å²) in [6.45, 7) is 0. The van der Waals surface area contributed by atoms with Crippen LogP contribution in [0, 0.1) is 11.3 Å². The van der Waals surface area contributed by atoms with Crippen LogP contribution in [0.2, 0.25) is 0 Å². The molecule has 1 aromatic carbocycles. The van der Waals surface area contributed by atoms with Crippen molar-refractivity contribution in [2.75, 3.05) is 5.75 Å². The van der Waals surface area contributed by atoms with Crippen molar-refractivity contribution in [3.63, 3.8) is 0 Å². The highest BCUT2D eigenvalue weighted by Gasteiger charge is 2.17. The molecule has 0 saturated heterocycles. The van der Waals surface area contributed by atoms with Crippen LogP contribution >= 0.6 is 23.1 Å². The first-order valence-corrected chi connectivity index (χ1v) is 10.7. The molecule has 7 nitrogen and oxygen atoms in total. The van der Waals surface area contributed by atoms with Gasteiger partial charge < -0.3 is 9.40 Å². The van der Waals surface area contributed by atoms with Crippen molar-refractivity contribution in [3.8, 4) is 28.8 Å². The molecule has 0 amide bonds. The predicted molar refractivity (Wildman–Crippen MR) is 114 cm³/mol. The lowest BCUT2D eigenvalue weighted by Crippen LogP contribution is -2.15. The summed E-state index contributed by atoms with van der Waals surface area (Å²) in [5.74, 6) is 0.398. The van der Waals surface area contributed by atoms with Gasteiger partial charge in [0, 0.05) is 10.9 Å². The van der Waals surface area contributed by atoms with Crippen LogP contribution in [0.1, 0.15) is 10.6 Å². The van der Waals surface area contributed by atoms with E-state index in [2.05, 4.69) is 15.0 Å². The molecule has 1 N–H and O–H groups in total. The first-order chi connectivity index (χ1) is 14.6. The fourth-order valence-corrected chi connectivity index (χ4v) is 4.27. The average molecular weight is 435 g/mol. The minimum atomic E-state index is -0.568. The van der Waals surface area contributed by atoms with E-state index in [0.29, 0.717) is 5.76 Å². The largest absolute Gasteiger partial charge is 0.463 e. The number of furan rings is 1. The molecule has 4 aromatic rings. The molecule has 4 rings (SSSR count). The van der Waals surface area contributed by atoms with E-state index in [1.807, 2.05) is 41.8 Å². The van der Waals surface area contributed by atoms with Gasteiger partial charge in [0.05, 0.1) is 24.1 Å². The Morgan fingerprint density at radius 2 is 2.03 bits per heavy atom. The number of carbonyl (C=O) groups excluding carboxylic acids is 1. The van der Waals surface area contributed by atoms with E-state index in [-0.39, 0.29) is 34.4 Å². The van der Waals surface area contributed by atoms with Crippen LogP contribution in [-0.2, 0) is 11.2 Å². The van der Waals surface area contributed by atoms with Crippen molar-refractivity contribution in [2.45, 2.75) is 11.6 Å². The van der Waals surface area contributed by atoms with Gasteiger partial charge in [-0.3, -0.25) is 9.59 Å². The molecule has 0 saturated carbocycles. The van der Waals surface area contributed by atoms with Crippen molar-refractivity contribution in [3.05, 3.63) is 75.0 Å². The number of H-pyrrole nitrogens is 1. The summed E-state index contributed by atoms with van der Waals surface area (Å²) < 4.78 is 5.27. The van der Waals surface area contributed by atoms with Crippen LogP contribution in [0.4, 0.5) is 0 Å². The molecule has 0 aliphatic heterocycles. The van der Waals surface area contributed by atoms with Crippen molar-refractivity contribution in [1.82, 2.24) is 15.0 Å². The third kappa shape index (κ3) is 4.40. The smallest absolute Gasteiger partial charge is 0.270 e. The Morgan fingerprint density at radius 3 is 2.77 bits per heavy atom. The zero-order chi connectivity index (χ0) is 20.9. The molecule has 148 valence electrons. The molecule has 0 bridgehead atoms. The number of thiazole rings is 1. The molecule has 0 radical (unpaired) electrons. The maximum Gasteiger partial charge on any atom is 0.270 e. The summed E-state index contributed by atoms with van der Waals surface area (Å²) in [5.41, 5.74) is 1.32. The van der Waals surface area contributed by atoms with Crippen LogP contribution in [-0.4, -0.2) is 26.5 Å². The molecule has 0 aliphatic rings. The lowest BCUT2D eigenvalue weighted by atomic mass is 10.2. The van der Waals surface area contributed by atoms with E-state index in [0.717, 1.165) is 28.0 Å². The van der Waals surface area contributed by atoms with E-state index >= 15 is 0 Å². The average Bonchev–Trinajstić information content (AvgIpc) is 3.45. The van der Waals surface area contributed by atoms with Crippen LogP contribution in [0.25, 0.3) is 22.7 Å². The third-order valence-corrected chi connectivity index (χ3v) is 5.89. The number of ketones is 1.